The van der Waals surface area contributed by atoms with Gasteiger partial charge in [0.15, 0.2) is 0 Å². The zero-order valence-electron chi connectivity index (χ0n) is 18.0. The number of aromatic nitrogens is 3. The Morgan fingerprint density at radius 2 is 1.42 bits per heavy atom. The van der Waals surface area contributed by atoms with Crippen LogP contribution in [0, 0.1) is 0 Å². The highest BCUT2D eigenvalue weighted by molar-refractivity contribution is 7.17. The van der Waals surface area contributed by atoms with E-state index in [0.717, 1.165) is 33.1 Å². The van der Waals surface area contributed by atoms with Gasteiger partial charge in [0.05, 0.1) is 23.6 Å². The quantitative estimate of drug-likeness (QED) is 0.276. The summed E-state index contributed by atoms with van der Waals surface area (Å²) in [6, 6.07) is 29.7. The van der Waals surface area contributed by atoms with Crippen LogP contribution in [0.15, 0.2) is 97.2 Å². The number of thiazole rings is 1. The van der Waals surface area contributed by atoms with Crippen molar-refractivity contribution in [3.8, 4) is 38.8 Å². The van der Waals surface area contributed by atoms with Crippen LogP contribution in [0.1, 0.15) is 16.6 Å². The molecule has 5 nitrogen and oxygen atoms in total. The van der Waals surface area contributed by atoms with Crippen LogP contribution < -0.4 is 0 Å². The molecule has 0 fully saturated rings. The molecular formula is C27H21N3O2S. The van der Waals surface area contributed by atoms with Crippen molar-refractivity contribution in [2.24, 2.45) is 0 Å². The molecule has 3 aromatic carbocycles. The lowest BCUT2D eigenvalue weighted by Gasteiger charge is -2.01. The third kappa shape index (κ3) is 4.21. The van der Waals surface area contributed by atoms with Crippen LogP contribution in [0.5, 0.6) is 0 Å². The molecule has 0 radical (unpaired) electrons. The second-order valence-electron chi connectivity index (χ2n) is 7.32. The van der Waals surface area contributed by atoms with Gasteiger partial charge in [0.25, 0.3) is 0 Å². The van der Waals surface area contributed by atoms with Crippen LogP contribution in [0.4, 0.5) is 0 Å². The minimum atomic E-state index is -0.364. The summed E-state index contributed by atoms with van der Waals surface area (Å²) in [5, 5.41) is 5.61. The van der Waals surface area contributed by atoms with E-state index in [9.17, 15) is 4.79 Å². The number of nitrogens with zero attached hydrogens (tertiary/aromatic N) is 3. The summed E-state index contributed by atoms with van der Waals surface area (Å²) in [7, 11) is 0. The molecule has 0 aliphatic carbocycles. The number of rotatable bonds is 6. The topological polar surface area (TPSA) is 57.0 Å². The summed E-state index contributed by atoms with van der Waals surface area (Å²) in [5.74, 6) is -0.364. The lowest BCUT2D eigenvalue weighted by Crippen LogP contribution is -2.03. The van der Waals surface area contributed by atoms with Crippen molar-refractivity contribution >= 4 is 17.3 Å². The first kappa shape index (κ1) is 20.8. The van der Waals surface area contributed by atoms with Crippen LogP contribution >= 0.6 is 11.3 Å². The average Bonchev–Trinajstić information content (AvgIpc) is 3.51. The van der Waals surface area contributed by atoms with Gasteiger partial charge in [-0.3, -0.25) is 0 Å². The van der Waals surface area contributed by atoms with Crippen molar-refractivity contribution < 1.29 is 9.53 Å². The van der Waals surface area contributed by atoms with Crippen LogP contribution in [-0.4, -0.2) is 27.3 Å². The van der Waals surface area contributed by atoms with E-state index in [1.54, 1.807) is 6.92 Å². The monoisotopic (exact) mass is 451 g/mol. The summed E-state index contributed by atoms with van der Waals surface area (Å²) < 4.78 is 7.19. The van der Waals surface area contributed by atoms with Gasteiger partial charge in [-0.15, -0.1) is 11.3 Å². The van der Waals surface area contributed by atoms with Crippen LogP contribution in [0.3, 0.4) is 0 Å². The van der Waals surface area contributed by atoms with Crippen molar-refractivity contribution in [3.05, 3.63) is 102 Å². The molecule has 0 aliphatic heterocycles. The zero-order valence-corrected chi connectivity index (χ0v) is 18.8. The molecule has 2 aromatic heterocycles. The van der Waals surface area contributed by atoms with Gasteiger partial charge < -0.3 is 4.74 Å². The normalized spacial score (nSPS) is 10.8. The molecule has 33 heavy (non-hydrogen) atoms. The van der Waals surface area contributed by atoms with Crippen LogP contribution in [0.2, 0.25) is 0 Å². The fourth-order valence-corrected chi connectivity index (χ4v) is 4.61. The van der Waals surface area contributed by atoms with Gasteiger partial charge in [-0.25, -0.2) is 14.5 Å². The first-order valence-corrected chi connectivity index (χ1v) is 11.5. The fraction of sp³-hybridized carbons (Fsp3) is 0.0741. The summed E-state index contributed by atoms with van der Waals surface area (Å²) in [6.07, 6.45) is 1.97. The van der Waals surface area contributed by atoms with E-state index in [0.29, 0.717) is 17.2 Å². The maximum Gasteiger partial charge on any atom is 0.350 e. The molecule has 5 aromatic rings. The molecule has 0 saturated heterocycles. The third-order valence-corrected chi connectivity index (χ3v) is 6.22. The molecule has 0 bridgehead atoms. The summed E-state index contributed by atoms with van der Waals surface area (Å²) in [5.41, 5.74) is 5.11. The van der Waals surface area contributed by atoms with Gasteiger partial charge >= 0.3 is 5.97 Å². The SMILES string of the molecule is CCOC(=O)c1sc(-c2cn(-c3ccccc3)nc2-c2ccccc2)nc1-c1ccccc1. The molecule has 0 N–H and O–H groups in total. The zero-order chi connectivity index (χ0) is 22.6. The van der Waals surface area contributed by atoms with E-state index >= 15 is 0 Å². The molecule has 0 saturated carbocycles. The Balaban J connectivity index is 1.70. The van der Waals surface area contributed by atoms with Crippen LogP contribution in [-0.2, 0) is 4.74 Å². The van der Waals surface area contributed by atoms with Gasteiger partial charge in [-0.2, -0.15) is 5.10 Å². The Bertz CT molecular complexity index is 1380. The van der Waals surface area contributed by atoms with Crippen molar-refractivity contribution in [1.29, 1.82) is 0 Å². The molecule has 162 valence electrons. The van der Waals surface area contributed by atoms with E-state index in [1.165, 1.54) is 11.3 Å². The minimum absolute atomic E-state index is 0.307. The first-order valence-electron chi connectivity index (χ1n) is 10.7. The van der Waals surface area contributed by atoms with Crippen molar-refractivity contribution in [3.63, 3.8) is 0 Å². The summed E-state index contributed by atoms with van der Waals surface area (Å²) in [6.45, 7) is 2.11. The average molecular weight is 452 g/mol. The standard InChI is InChI=1S/C27H21N3O2S/c1-2-32-27(31)25-24(20-14-8-4-9-15-20)28-26(33-25)22-18-30(21-16-10-5-11-17-21)29-23(22)19-12-6-3-7-13-19/h3-18H,2H2,1H3. The largest absolute Gasteiger partial charge is 0.462 e. The lowest BCUT2D eigenvalue weighted by molar-refractivity contribution is 0.0532. The second-order valence-corrected chi connectivity index (χ2v) is 8.32. The molecular weight excluding hydrogens is 430 g/mol. The van der Waals surface area contributed by atoms with E-state index in [4.69, 9.17) is 14.8 Å². The molecule has 2 heterocycles. The molecule has 0 unspecified atom stereocenters. The highest BCUT2D eigenvalue weighted by atomic mass is 32.1. The summed E-state index contributed by atoms with van der Waals surface area (Å²) in [4.78, 5) is 18.2. The minimum Gasteiger partial charge on any atom is -0.462 e. The number of carbonyl (C=O) groups excluding carboxylic acids is 1. The maximum absolute atomic E-state index is 12.8. The van der Waals surface area contributed by atoms with Gasteiger partial charge in [0.1, 0.15) is 15.6 Å². The predicted octanol–water partition coefficient (Wildman–Crippen LogP) is 6.51. The van der Waals surface area contributed by atoms with Crippen molar-refractivity contribution in [2.45, 2.75) is 6.92 Å². The highest BCUT2D eigenvalue weighted by Gasteiger charge is 2.24. The number of para-hydroxylation sites is 1. The number of carbonyl (C=O) groups is 1. The van der Waals surface area contributed by atoms with Gasteiger partial charge in [0.2, 0.25) is 0 Å². The number of ether oxygens (including phenoxy) is 1. The second kappa shape index (κ2) is 9.22. The maximum atomic E-state index is 12.8. The van der Waals surface area contributed by atoms with Crippen molar-refractivity contribution in [2.75, 3.05) is 6.61 Å². The van der Waals surface area contributed by atoms with Crippen molar-refractivity contribution in [1.82, 2.24) is 14.8 Å². The molecule has 0 atom stereocenters. The number of benzene rings is 3. The number of hydrogen-bond donors (Lipinski definition) is 0. The van der Waals surface area contributed by atoms with Gasteiger partial charge in [0, 0.05) is 17.3 Å². The Morgan fingerprint density at radius 3 is 2.03 bits per heavy atom. The fourth-order valence-electron chi connectivity index (χ4n) is 3.61. The lowest BCUT2D eigenvalue weighted by atomic mass is 10.1. The first-order chi connectivity index (χ1) is 16.2. The Morgan fingerprint density at radius 1 is 0.848 bits per heavy atom. The number of hydrogen-bond acceptors (Lipinski definition) is 5. The van der Waals surface area contributed by atoms with Crippen LogP contribution in [0.25, 0.3) is 38.8 Å². The molecule has 5 rings (SSSR count). The Hall–Kier alpha value is -4.03. The Labute approximate surface area is 195 Å². The van der Waals surface area contributed by atoms with E-state index in [-0.39, 0.29) is 5.97 Å². The molecule has 0 spiro atoms. The summed E-state index contributed by atoms with van der Waals surface area (Å²) >= 11 is 1.33. The van der Waals surface area contributed by atoms with E-state index in [1.807, 2.05) is 102 Å². The van der Waals surface area contributed by atoms with E-state index < -0.39 is 0 Å². The molecule has 0 amide bonds. The molecule has 0 aliphatic rings. The number of esters is 1. The Kier molecular flexibility index (Phi) is 5.83. The molecule has 6 heteroatoms. The smallest absolute Gasteiger partial charge is 0.350 e. The predicted molar refractivity (Wildman–Crippen MR) is 132 cm³/mol. The van der Waals surface area contributed by atoms with Gasteiger partial charge in [-0.05, 0) is 19.1 Å². The third-order valence-electron chi connectivity index (χ3n) is 5.15. The highest BCUT2D eigenvalue weighted by Crippen LogP contribution is 2.39. The van der Waals surface area contributed by atoms with Gasteiger partial charge in [-0.1, -0.05) is 78.9 Å². The van der Waals surface area contributed by atoms with E-state index in [2.05, 4.69) is 0 Å².